The maximum Gasteiger partial charge on any atom is 0.240 e. The van der Waals surface area contributed by atoms with Gasteiger partial charge in [-0.25, -0.2) is 13.1 Å². The predicted octanol–water partition coefficient (Wildman–Crippen LogP) is 3.35. The van der Waals surface area contributed by atoms with E-state index in [2.05, 4.69) is 15.4 Å². The third kappa shape index (κ3) is 5.30. The number of rotatable bonds is 6. The molecule has 0 bridgehead atoms. The van der Waals surface area contributed by atoms with Crippen molar-refractivity contribution in [3.8, 4) is 0 Å². The highest BCUT2D eigenvalue weighted by Crippen LogP contribution is 2.25. The van der Waals surface area contributed by atoms with Gasteiger partial charge in [0.05, 0.1) is 4.90 Å². The van der Waals surface area contributed by atoms with Crippen LogP contribution in [0.5, 0.6) is 0 Å². The summed E-state index contributed by atoms with van der Waals surface area (Å²) in [6.45, 7) is 1.47. The minimum atomic E-state index is -3.54. The molecule has 0 heterocycles. The van der Waals surface area contributed by atoms with E-state index < -0.39 is 10.0 Å². The Bertz CT molecular complexity index is 867. The van der Waals surface area contributed by atoms with E-state index in [1.807, 2.05) is 24.3 Å². The lowest BCUT2D eigenvalue weighted by Crippen LogP contribution is -2.48. The van der Waals surface area contributed by atoms with E-state index in [-0.39, 0.29) is 22.9 Å². The Hall–Kier alpha value is -2.38. The van der Waals surface area contributed by atoms with Gasteiger partial charge in [-0.15, -0.1) is 0 Å². The zero-order valence-electron chi connectivity index (χ0n) is 15.3. The van der Waals surface area contributed by atoms with E-state index >= 15 is 0 Å². The molecule has 0 unspecified atom stereocenters. The highest BCUT2D eigenvalue weighted by molar-refractivity contribution is 7.89. The predicted molar refractivity (Wildman–Crippen MR) is 107 cm³/mol. The second-order valence-electron chi connectivity index (χ2n) is 6.83. The molecule has 1 fully saturated rings. The molecule has 144 valence electrons. The summed E-state index contributed by atoms with van der Waals surface area (Å²) in [5.41, 5.74) is 1.64. The van der Waals surface area contributed by atoms with Gasteiger partial charge in [-0.1, -0.05) is 31.0 Å². The van der Waals surface area contributed by atoms with Crippen molar-refractivity contribution in [2.45, 2.75) is 49.6 Å². The molecule has 0 aliphatic heterocycles. The second kappa shape index (κ2) is 8.54. The van der Waals surface area contributed by atoms with Gasteiger partial charge in [0.25, 0.3) is 0 Å². The van der Waals surface area contributed by atoms with Gasteiger partial charge in [-0.3, -0.25) is 4.79 Å². The largest absolute Gasteiger partial charge is 0.381 e. The van der Waals surface area contributed by atoms with Gasteiger partial charge in [0, 0.05) is 30.4 Å². The monoisotopic (exact) mass is 387 g/mol. The molecule has 0 saturated heterocycles. The Morgan fingerprint density at radius 1 is 0.889 bits per heavy atom. The maximum absolute atomic E-state index is 12.7. The molecule has 0 aromatic heterocycles. The number of nitrogens with one attached hydrogen (secondary N) is 3. The Morgan fingerprint density at radius 2 is 1.48 bits per heavy atom. The summed E-state index contributed by atoms with van der Waals surface area (Å²) in [4.78, 5) is 11.4. The molecule has 1 aliphatic carbocycles. The Balaban J connectivity index is 1.69. The fraction of sp³-hybridized carbons (Fsp3) is 0.350. The quantitative estimate of drug-likeness (QED) is 0.709. The molecule has 7 heteroatoms. The van der Waals surface area contributed by atoms with Crippen molar-refractivity contribution in [3.63, 3.8) is 0 Å². The van der Waals surface area contributed by atoms with E-state index in [4.69, 9.17) is 0 Å². The Kier molecular flexibility index (Phi) is 6.13. The third-order valence-corrected chi connectivity index (χ3v) is 6.19. The molecule has 1 saturated carbocycles. The summed E-state index contributed by atoms with van der Waals surface area (Å²) in [5.74, 6) is -0.113. The van der Waals surface area contributed by atoms with Crippen LogP contribution in [0.15, 0.2) is 59.5 Å². The van der Waals surface area contributed by atoms with Crippen LogP contribution in [-0.4, -0.2) is 26.4 Å². The lowest BCUT2D eigenvalue weighted by Gasteiger charge is -2.33. The topological polar surface area (TPSA) is 87.3 Å². The number of carbonyl (C=O) groups is 1. The number of benzene rings is 2. The fourth-order valence-electron chi connectivity index (χ4n) is 3.38. The van der Waals surface area contributed by atoms with Crippen molar-refractivity contribution in [1.82, 2.24) is 4.72 Å². The molecule has 6 nitrogen and oxygen atoms in total. The first-order valence-corrected chi connectivity index (χ1v) is 10.6. The highest BCUT2D eigenvalue weighted by Gasteiger charge is 2.29. The number of hydrogen-bond donors (Lipinski definition) is 3. The molecule has 2 atom stereocenters. The van der Waals surface area contributed by atoms with Gasteiger partial charge in [0.2, 0.25) is 15.9 Å². The van der Waals surface area contributed by atoms with Crippen LogP contribution in [0.4, 0.5) is 11.4 Å². The average molecular weight is 388 g/mol. The zero-order chi connectivity index (χ0) is 19.3. The normalized spacial score (nSPS) is 20.0. The minimum Gasteiger partial charge on any atom is -0.381 e. The molecule has 27 heavy (non-hydrogen) atoms. The average Bonchev–Trinajstić information content (AvgIpc) is 2.65. The summed E-state index contributed by atoms with van der Waals surface area (Å²) < 4.78 is 28.2. The van der Waals surface area contributed by atoms with Crippen molar-refractivity contribution in [3.05, 3.63) is 54.6 Å². The summed E-state index contributed by atoms with van der Waals surface area (Å²) in [5, 5.41) is 6.18. The van der Waals surface area contributed by atoms with Gasteiger partial charge in [-0.2, -0.15) is 0 Å². The van der Waals surface area contributed by atoms with Crippen LogP contribution >= 0.6 is 0 Å². The smallest absolute Gasteiger partial charge is 0.240 e. The zero-order valence-corrected chi connectivity index (χ0v) is 16.1. The number of hydrogen-bond acceptors (Lipinski definition) is 4. The van der Waals surface area contributed by atoms with Crippen LogP contribution in [0.2, 0.25) is 0 Å². The van der Waals surface area contributed by atoms with Crippen LogP contribution in [0.1, 0.15) is 32.6 Å². The van der Waals surface area contributed by atoms with E-state index in [1.54, 1.807) is 30.3 Å². The Morgan fingerprint density at radius 3 is 2.11 bits per heavy atom. The first kappa shape index (κ1) is 19.4. The van der Waals surface area contributed by atoms with Gasteiger partial charge in [-0.05, 0) is 49.2 Å². The lowest BCUT2D eigenvalue weighted by molar-refractivity contribution is -0.114. The Labute approximate surface area is 160 Å². The molecule has 1 aliphatic rings. The van der Waals surface area contributed by atoms with Crippen molar-refractivity contribution in [1.29, 1.82) is 0 Å². The van der Waals surface area contributed by atoms with Crippen LogP contribution in [0.25, 0.3) is 0 Å². The number of sulfonamides is 1. The van der Waals surface area contributed by atoms with Crippen LogP contribution in [-0.2, 0) is 14.8 Å². The number of carbonyl (C=O) groups excluding carboxylic acids is 1. The second-order valence-corrected chi connectivity index (χ2v) is 8.55. The van der Waals surface area contributed by atoms with Crippen LogP contribution in [0, 0.1) is 0 Å². The third-order valence-electron chi connectivity index (χ3n) is 4.68. The molecule has 1 amide bonds. The molecule has 0 spiro atoms. The van der Waals surface area contributed by atoms with E-state index in [1.165, 1.54) is 6.92 Å². The standard InChI is InChI=1S/C20H25N3O3S/c1-15(24)21-16-11-13-17(14-12-16)22-19-9-5-6-10-20(19)23-27(25,26)18-7-3-2-4-8-18/h2-4,7-8,11-14,19-20,22-23H,5-6,9-10H2,1H3,(H,21,24)/t19-,20+/m1/s1. The maximum atomic E-state index is 12.7. The summed E-state index contributed by atoms with van der Waals surface area (Å²) in [6, 6.07) is 15.8. The van der Waals surface area contributed by atoms with Crippen molar-refractivity contribution < 1.29 is 13.2 Å². The van der Waals surface area contributed by atoms with Gasteiger partial charge in [0.15, 0.2) is 0 Å². The summed E-state index contributed by atoms with van der Waals surface area (Å²) in [7, 11) is -3.54. The number of amides is 1. The van der Waals surface area contributed by atoms with Crippen molar-refractivity contribution in [2.24, 2.45) is 0 Å². The van der Waals surface area contributed by atoms with E-state index in [9.17, 15) is 13.2 Å². The first-order chi connectivity index (χ1) is 12.9. The van der Waals surface area contributed by atoms with Crippen molar-refractivity contribution >= 4 is 27.3 Å². The molecular weight excluding hydrogens is 362 g/mol. The van der Waals surface area contributed by atoms with Crippen molar-refractivity contribution in [2.75, 3.05) is 10.6 Å². The lowest BCUT2D eigenvalue weighted by atomic mass is 9.91. The summed E-state index contributed by atoms with van der Waals surface area (Å²) in [6.07, 6.45) is 3.76. The molecule has 2 aromatic rings. The van der Waals surface area contributed by atoms with E-state index in [0.29, 0.717) is 0 Å². The van der Waals surface area contributed by atoms with Crippen LogP contribution in [0.3, 0.4) is 0 Å². The summed E-state index contributed by atoms with van der Waals surface area (Å²) >= 11 is 0. The first-order valence-electron chi connectivity index (χ1n) is 9.15. The fourth-order valence-corrected chi connectivity index (χ4v) is 4.71. The van der Waals surface area contributed by atoms with E-state index in [0.717, 1.165) is 37.1 Å². The van der Waals surface area contributed by atoms with Gasteiger partial charge in [0.1, 0.15) is 0 Å². The molecular formula is C20H25N3O3S. The van der Waals surface area contributed by atoms with Gasteiger partial charge >= 0.3 is 0 Å². The highest BCUT2D eigenvalue weighted by atomic mass is 32.2. The molecule has 3 rings (SSSR count). The SMILES string of the molecule is CC(=O)Nc1ccc(N[C@@H]2CCCC[C@@H]2NS(=O)(=O)c2ccccc2)cc1. The number of anilines is 2. The molecule has 3 N–H and O–H groups in total. The minimum absolute atomic E-state index is 0.0175. The van der Waals surface area contributed by atoms with Gasteiger partial charge < -0.3 is 10.6 Å². The molecule has 0 radical (unpaired) electrons. The molecule has 2 aromatic carbocycles. The van der Waals surface area contributed by atoms with Crippen LogP contribution < -0.4 is 15.4 Å².